The number of pyridine rings is 1. The second-order valence-corrected chi connectivity index (χ2v) is 16.2. The minimum Gasteiger partial charge on any atom is -0.311 e. The summed E-state index contributed by atoms with van der Waals surface area (Å²) >= 11 is 0. The van der Waals surface area contributed by atoms with Crippen molar-refractivity contribution in [3.63, 3.8) is 0 Å². The van der Waals surface area contributed by atoms with E-state index in [2.05, 4.69) is 151 Å². The van der Waals surface area contributed by atoms with Crippen LogP contribution in [0.3, 0.4) is 0 Å². The third-order valence-corrected chi connectivity index (χ3v) is 12.0. The molecule has 2 atom stereocenters. The number of nitrogens with zero attached hydrogens (tertiary/aromatic N) is 7. The monoisotopic (exact) mass is 829 g/mol. The van der Waals surface area contributed by atoms with Crippen molar-refractivity contribution in [2.45, 2.75) is 38.5 Å². The molecule has 64 heavy (non-hydrogen) atoms. The van der Waals surface area contributed by atoms with Gasteiger partial charge < -0.3 is 4.90 Å². The molecule has 3 aromatic heterocycles. The summed E-state index contributed by atoms with van der Waals surface area (Å²) in [5, 5.41) is 0. The van der Waals surface area contributed by atoms with Gasteiger partial charge in [-0.05, 0) is 109 Å². The van der Waals surface area contributed by atoms with Crippen LogP contribution in [0.4, 0.5) is 17.1 Å². The van der Waals surface area contributed by atoms with Gasteiger partial charge in [0, 0.05) is 51.2 Å². The summed E-state index contributed by atoms with van der Waals surface area (Å²) in [7, 11) is 0. The van der Waals surface area contributed by atoms with Gasteiger partial charge in [-0.25, -0.2) is 24.9 Å². The Morgan fingerprint density at radius 3 is 1.48 bits per heavy atom. The van der Waals surface area contributed by atoms with Crippen molar-refractivity contribution < 1.29 is 0 Å². The molecule has 0 aliphatic carbocycles. The molecule has 0 N–H and O–H groups in total. The van der Waals surface area contributed by atoms with Gasteiger partial charge in [0.2, 0.25) is 0 Å². The summed E-state index contributed by atoms with van der Waals surface area (Å²) in [4.78, 5) is 26.8. The van der Waals surface area contributed by atoms with Crippen LogP contribution in [0.15, 0.2) is 212 Å². The Kier molecular flexibility index (Phi) is 11.4. The van der Waals surface area contributed by atoms with Crippen LogP contribution in [-0.2, 0) is 0 Å². The number of para-hydroxylation sites is 2. The van der Waals surface area contributed by atoms with Crippen LogP contribution >= 0.6 is 0 Å². The first-order valence-corrected chi connectivity index (χ1v) is 22.0. The van der Waals surface area contributed by atoms with Crippen LogP contribution in [0.2, 0.25) is 0 Å². The van der Waals surface area contributed by atoms with E-state index in [9.17, 15) is 0 Å². The minimum atomic E-state index is 0.365. The highest BCUT2D eigenvalue weighted by Gasteiger charge is 2.20. The highest BCUT2D eigenvalue weighted by molar-refractivity contribution is 5.80. The lowest BCUT2D eigenvalue weighted by atomic mass is 9.84. The predicted octanol–water partition coefficient (Wildman–Crippen LogP) is 14.4. The van der Waals surface area contributed by atoms with Gasteiger partial charge in [-0.3, -0.25) is 4.57 Å². The first-order chi connectivity index (χ1) is 31.6. The summed E-state index contributed by atoms with van der Waals surface area (Å²) in [6.45, 7) is 4.64. The van der Waals surface area contributed by atoms with Crippen molar-refractivity contribution in [3.8, 4) is 51.2 Å². The van der Waals surface area contributed by atoms with E-state index >= 15 is 0 Å². The van der Waals surface area contributed by atoms with Gasteiger partial charge in [-0.15, -0.1) is 0 Å². The zero-order valence-corrected chi connectivity index (χ0v) is 35.9. The van der Waals surface area contributed by atoms with E-state index in [-0.39, 0.29) is 0 Å². The van der Waals surface area contributed by atoms with E-state index < -0.39 is 0 Å². The number of hydrogen-bond donors (Lipinski definition) is 0. The standard InChI is InChI=1S/C57H47N7/c1-3-41(39-40(2)42-26-28-47(29-27-42)56-59-52-25-16-38-58-57(52)64(56)49-23-14-7-15-24-49)43-30-34-50(35-31-43)63(48-21-12-6-13-22-48)51-36-32-46(33-37-51)55-61-53(44-17-8-4-9-18-44)60-54(62-55)45-19-10-5-11-20-45/h4-38,40-41H,3,39H2,1-2H3. The van der Waals surface area contributed by atoms with Gasteiger partial charge in [-0.1, -0.05) is 147 Å². The molecule has 0 fully saturated rings. The molecule has 0 aliphatic heterocycles. The summed E-state index contributed by atoms with van der Waals surface area (Å²) < 4.78 is 2.15. The van der Waals surface area contributed by atoms with Crippen molar-refractivity contribution in [1.29, 1.82) is 0 Å². The summed E-state index contributed by atoms with van der Waals surface area (Å²) in [6.07, 6.45) is 3.92. The van der Waals surface area contributed by atoms with Gasteiger partial charge in [0.15, 0.2) is 23.1 Å². The van der Waals surface area contributed by atoms with Crippen molar-refractivity contribution in [1.82, 2.24) is 29.5 Å². The van der Waals surface area contributed by atoms with Gasteiger partial charge in [0.1, 0.15) is 11.3 Å². The Morgan fingerprint density at radius 2 is 0.922 bits per heavy atom. The first-order valence-electron chi connectivity index (χ1n) is 22.0. The quantitative estimate of drug-likeness (QED) is 0.115. The zero-order valence-electron chi connectivity index (χ0n) is 35.9. The molecule has 10 rings (SSSR count). The Labute approximate surface area is 374 Å². The summed E-state index contributed by atoms with van der Waals surface area (Å²) in [5.74, 6) is 3.59. The van der Waals surface area contributed by atoms with E-state index in [0.29, 0.717) is 29.3 Å². The van der Waals surface area contributed by atoms with Crippen LogP contribution < -0.4 is 4.90 Å². The van der Waals surface area contributed by atoms with Crippen LogP contribution in [0, 0.1) is 0 Å². The van der Waals surface area contributed by atoms with E-state index in [1.54, 1.807) is 0 Å². The maximum Gasteiger partial charge on any atom is 0.164 e. The van der Waals surface area contributed by atoms with E-state index in [1.165, 1.54) is 11.1 Å². The van der Waals surface area contributed by atoms with Crippen molar-refractivity contribution in [2.75, 3.05) is 4.90 Å². The zero-order chi connectivity index (χ0) is 43.2. The minimum absolute atomic E-state index is 0.365. The fraction of sp³-hybridized carbons (Fsp3) is 0.105. The first kappa shape index (κ1) is 40.1. The van der Waals surface area contributed by atoms with E-state index in [0.717, 1.165) is 74.8 Å². The predicted molar refractivity (Wildman–Crippen MR) is 261 cm³/mol. The molecule has 0 spiro atoms. The second-order valence-electron chi connectivity index (χ2n) is 16.2. The highest BCUT2D eigenvalue weighted by atomic mass is 15.1. The second kappa shape index (κ2) is 18.1. The fourth-order valence-corrected chi connectivity index (χ4v) is 8.61. The number of fused-ring (bicyclic) bond motifs is 1. The molecule has 7 nitrogen and oxygen atoms in total. The molecule has 7 heteroatoms. The molecule has 0 radical (unpaired) electrons. The maximum absolute atomic E-state index is 5.02. The van der Waals surface area contributed by atoms with Crippen molar-refractivity contribution in [2.24, 2.45) is 0 Å². The van der Waals surface area contributed by atoms with Crippen LogP contribution in [0.1, 0.15) is 49.7 Å². The number of rotatable bonds is 13. The molecule has 0 saturated carbocycles. The summed E-state index contributed by atoms with van der Waals surface area (Å²) in [6, 6.07) is 71.7. The summed E-state index contributed by atoms with van der Waals surface area (Å²) in [5.41, 5.74) is 12.6. The van der Waals surface area contributed by atoms with Crippen molar-refractivity contribution in [3.05, 3.63) is 224 Å². The molecule has 0 amide bonds. The van der Waals surface area contributed by atoms with Crippen LogP contribution in [0.25, 0.3) is 62.4 Å². The van der Waals surface area contributed by atoms with Gasteiger partial charge in [0.25, 0.3) is 0 Å². The number of aromatic nitrogens is 6. The van der Waals surface area contributed by atoms with Gasteiger partial charge >= 0.3 is 0 Å². The molecular weight excluding hydrogens is 783 g/mol. The highest BCUT2D eigenvalue weighted by Crippen LogP contribution is 2.39. The molecule has 7 aromatic carbocycles. The number of benzene rings is 7. The van der Waals surface area contributed by atoms with Crippen molar-refractivity contribution >= 4 is 28.2 Å². The van der Waals surface area contributed by atoms with Gasteiger partial charge in [0.05, 0.1) is 0 Å². The molecule has 0 bridgehead atoms. The maximum atomic E-state index is 5.02. The van der Waals surface area contributed by atoms with Crippen LogP contribution in [-0.4, -0.2) is 29.5 Å². The smallest absolute Gasteiger partial charge is 0.164 e. The molecule has 0 saturated heterocycles. The van der Waals surface area contributed by atoms with Crippen LogP contribution in [0.5, 0.6) is 0 Å². The van der Waals surface area contributed by atoms with E-state index in [4.69, 9.17) is 24.9 Å². The molecule has 3 heterocycles. The third-order valence-electron chi connectivity index (χ3n) is 12.0. The number of anilines is 3. The Bertz CT molecular complexity index is 3040. The number of imidazole rings is 1. The lowest BCUT2D eigenvalue weighted by Crippen LogP contribution is -2.10. The Balaban J connectivity index is 0.895. The molecule has 2 unspecified atom stereocenters. The topological polar surface area (TPSA) is 72.6 Å². The average Bonchev–Trinajstić information content (AvgIpc) is 3.77. The normalized spacial score (nSPS) is 12.2. The molecule has 10 aromatic rings. The lowest BCUT2D eigenvalue weighted by Gasteiger charge is -2.27. The van der Waals surface area contributed by atoms with E-state index in [1.807, 2.05) is 85.1 Å². The lowest BCUT2D eigenvalue weighted by molar-refractivity contribution is 0.544. The largest absolute Gasteiger partial charge is 0.311 e. The molecule has 0 aliphatic rings. The third kappa shape index (κ3) is 8.31. The molecular formula is C57H47N7. The van der Waals surface area contributed by atoms with Gasteiger partial charge in [-0.2, -0.15) is 0 Å². The Morgan fingerprint density at radius 1 is 0.453 bits per heavy atom. The Hall–Kier alpha value is -8.03. The fourth-order valence-electron chi connectivity index (χ4n) is 8.61. The number of hydrogen-bond acceptors (Lipinski definition) is 6. The molecule has 310 valence electrons. The average molecular weight is 830 g/mol. The SMILES string of the molecule is CCC(CC(C)c1ccc(-c2nc3cccnc3n2-c2ccccc2)cc1)c1ccc(N(c2ccccc2)c2ccc(-c3nc(-c4ccccc4)nc(-c4ccccc4)n3)cc2)cc1.